The van der Waals surface area contributed by atoms with Crippen LogP contribution in [0.5, 0.6) is 0 Å². The lowest BCUT2D eigenvalue weighted by atomic mass is 10.1. The molecule has 1 heterocycles. The maximum Gasteiger partial charge on any atom is 0.410 e. The molecule has 1 aromatic rings. The Balaban J connectivity index is 1.86. The van der Waals surface area contributed by atoms with Crippen LogP contribution in [0.2, 0.25) is 0 Å². The van der Waals surface area contributed by atoms with E-state index in [-0.39, 0.29) is 13.2 Å². The van der Waals surface area contributed by atoms with Crippen LogP contribution in [-0.2, 0) is 16.1 Å². The Morgan fingerprint density at radius 1 is 1.42 bits per heavy atom. The molecule has 1 aliphatic heterocycles. The van der Waals surface area contributed by atoms with E-state index in [1.165, 1.54) is 4.90 Å². The third-order valence-electron chi connectivity index (χ3n) is 3.41. The lowest BCUT2D eigenvalue weighted by Crippen LogP contribution is -2.30. The molecule has 1 N–H and O–H groups in total. The molecule has 0 bridgehead atoms. The molecule has 1 amide bonds. The van der Waals surface area contributed by atoms with E-state index in [4.69, 9.17) is 9.84 Å². The average Bonchev–Trinajstić information content (AvgIpc) is 2.87. The first kappa shape index (κ1) is 13.4. The molecule has 1 aromatic carbocycles. The van der Waals surface area contributed by atoms with Crippen molar-refractivity contribution in [2.24, 2.45) is 5.92 Å². The van der Waals surface area contributed by atoms with Crippen LogP contribution in [0.25, 0.3) is 0 Å². The maximum absolute atomic E-state index is 11.8. The molecule has 0 aliphatic carbocycles. The Morgan fingerprint density at radius 2 is 2.16 bits per heavy atom. The van der Waals surface area contributed by atoms with Crippen LogP contribution in [0.15, 0.2) is 24.3 Å². The molecule has 0 aromatic heterocycles. The van der Waals surface area contributed by atoms with Gasteiger partial charge in [-0.05, 0) is 24.5 Å². The molecule has 1 saturated heterocycles. The van der Waals surface area contributed by atoms with Crippen LogP contribution in [-0.4, -0.2) is 35.2 Å². The average molecular weight is 263 g/mol. The van der Waals surface area contributed by atoms with Crippen molar-refractivity contribution in [3.05, 3.63) is 35.4 Å². The minimum atomic E-state index is -0.853. The fraction of sp³-hybridized carbons (Fsp3) is 0.429. The summed E-state index contributed by atoms with van der Waals surface area (Å²) in [6.07, 6.45) is 0.0569. The number of carbonyl (C=O) groups is 2. The van der Waals surface area contributed by atoms with Gasteiger partial charge >= 0.3 is 12.1 Å². The Bertz CT molecular complexity index is 486. The lowest BCUT2D eigenvalue weighted by Gasteiger charge is -2.16. The highest BCUT2D eigenvalue weighted by Gasteiger charge is 2.31. The third-order valence-corrected chi connectivity index (χ3v) is 3.41. The standard InChI is InChI=1S/C14H17NO4/c1-10-4-2-3-5-12(10)9-19-14(18)15-7-6-11(8-15)13(16)17/h2-5,11H,6-9H2,1H3,(H,16,17). The van der Waals surface area contributed by atoms with E-state index in [0.717, 1.165) is 11.1 Å². The van der Waals surface area contributed by atoms with E-state index in [9.17, 15) is 9.59 Å². The van der Waals surface area contributed by atoms with Gasteiger partial charge in [-0.3, -0.25) is 4.79 Å². The van der Waals surface area contributed by atoms with Gasteiger partial charge < -0.3 is 14.7 Å². The van der Waals surface area contributed by atoms with Gasteiger partial charge in [-0.2, -0.15) is 0 Å². The van der Waals surface area contributed by atoms with Crippen LogP contribution in [0.3, 0.4) is 0 Å². The first-order valence-corrected chi connectivity index (χ1v) is 6.27. The first-order valence-electron chi connectivity index (χ1n) is 6.27. The first-order chi connectivity index (χ1) is 9.08. The number of nitrogens with zero attached hydrogens (tertiary/aromatic N) is 1. The summed E-state index contributed by atoms with van der Waals surface area (Å²) in [5.41, 5.74) is 2.03. The van der Waals surface area contributed by atoms with Gasteiger partial charge in [0, 0.05) is 13.1 Å². The van der Waals surface area contributed by atoms with Crippen molar-refractivity contribution in [2.75, 3.05) is 13.1 Å². The normalized spacial score (nSPS) is 18.4. The molecular weight excluding hydrogens is 246 g/mol. The van der Waals surface area contributed by atoms with E-state index in [2.05, 4.69) is 0 Å². The van der Waals surface area contributed by atoms with Crippen molar-refractivity contribution in [3.8, 4) is 0 Å². The van der Waals surface area contributed by atoms with E-state index >= 15 is 0 Å². The predicted molar refractivity (Wildman–Crippen MR) is 68.7 cm³/mol. The van der Waals surface area contributed by atoms with E-state index in [1.807, 2.05) is 31.2 Å². The monoisotopic (exact) mass is 263 g/mol. The van der Waals surface area contributed by atoms with E-state index < -0.39 is 18.0 Å². The van der Waals surface area contributed by atoms with Gasteiger partial charge in [0.25, 0.3) is 0 Å². The van der Waals surface area contributed by atoms with Crippen molar-refractivity contribution in [3.63, 3.8) is 0 Å². The summed E-state index contributed by atoms with van der Waals surface area (Å²) in [7, 11) is 0. The topological polar surface area (TPSA) is 66.8 Å². The number of amides is 1. The molecule has 1 fully saturated rings. The highest BCUT2D eigenvalue weighted by molar-refractivity contribution is 5.74. The van der Waals surface area contributed by atoms with Crippen molar-refractivity contribution in [2.45, 2.75) is 20.0 Å². The number of carboxylic acids is 1. The van der Waals surface area contributed by atoms with E-state index in [0.29, 0.717) is 13.0 Å². The summed E-state index contributed by atoms with van der Waals surface area (Å²) in [4.78, 5) is 24.1. The zero-order valence-electron chi connectivity index (χ0n) is 10.8. The Labute approximate surface area is 111 Å². The molecular formula is C14H17NO4. The second-order valence-corrected chi connectivity index (χ2v) is 4.75. The molecule has 0 radical (unpaired) electrons. The van der Waals surface area contributed by atoms with Crippen LogP contribution >= 0.6 is 0 Å². The van der Waals surface area contributed by atoms with Gasteiger partial charge in [0.15, 0.2) is 0 Å². The number of rotatable bonds is 3. The number of carbonyl (C=O) groups excluding carboxylic acids is 1. The van der Waals surface area contributed by atoms with Gasteiger partial charge in [-0.25, -0.2) is 4.79 Å². The zero-order valence-corrected chi connectivity index (χ0v) is 10.8. The highest BCUT2D eigenvalue weighted by atomic mass is 16.6. The van der Waals surface area contributed by atoms with E-state index in [1.54, 1.807) is 0 Å². The number of ether oxygens (including phenoxy) is 1. The molecule has 1 aliphatic rings. The van der Waals surface area contributed by atoms with Crippen LogP contribution < -0.4 is 0 Å². The number of hydrogen-bond donors (Lipinski definition) is 1. The van der Waals surface area contributed by atoms with Gasteiger partial charge in [0.1, 0.15) is 6.61 Å². The lowest BCUT2D eigenvalue weighted by molar-refractivity contribution is -0.141. The molecule has 2 rings (SSSR count). The van der Waals surface area contributed by atoms with Crippen LogP contribution in [0.4, 0.5) is 4.79 Å². The zero-order chi connectivity index (χ0) is 13.8. The number of benzene rings is 1. The Morgan fingerprint density at radius 3 is 2.79 bits per heavy atom. The quantitative estimate of drug-likeness (QED) is 0.906. The number of likely N-dealkylation sites (tertiary alicyclic amines) is 1. The molecule has 5 nitrogen and oxygen atoms in total. The summed E-state index contributed by atoms with van der Waals surface area (Å²) in [6.45, 7) is 2.87. The van der Waals surface area contributed by atoms with Crippen LogP contribution in [0, 0.1) is 12.8 Å². The largest absolute Gasteiger partial charge is 0.481 e. The molecule has 102 valence electrons. The number of aliphatic carboxylic acids is 1. The molecule has 1 atom stereocenters. The number of aryl methyl sites for hydroxylation is 1. The predicted octanol–water partition coefficient (Wildman–Crippen LogP) is 2.04. The Kier molecular flexibility index (Phi) is 4.04. The fourth-order valence-electron chi connectivity index (χ4n) is 2.13. The van der Waals surface area contributed by atoms with Crippen LogP contribution in [0.1, 0.15) is 17.5 Å². The molecule has 19 heavy (non-hydrogen) atoms. The number of hydrogen-bond acceptors (Lipinski definition) is 3. The maximum atomic E-state index is 11.8. The second-order valence-electron chi connectivity index (χ2n) is 4.75. The Hall–Kier alpha value is -2.04. The molecule has 0 saturated carbocycles. The molecule has 5 heteroatoms. The number of carboxylic acid groups (broad SMARTS) is 1. The summed E-state index contributed by atoms with van der Waals surface area (Å²) in [5, 5.41) is 8.88. The van der Waals surface area contributed by atoms with Gasteiger partial charge in [-0.15, -0.1) is 0 Å². The molecule has 1 unspecified atom stereocenters. The van der Waals surface area contributed by atoms with Gasteiger partial charge in [-0.1, -0.05) is 24.3 Å². The van der Waals surface area contributed by atoms with Crippen molar-refractivity contribution in [1.29, 1.82) is 0 Å². The third kappa shape index (κ3) is 3.24. The van der Waals surface area contributed by atoms with Crippen molar-refractivity contribution >= 4 is 12.1 Å². The summed E-state index contributed by atoms with van der Waals surface area (Å²) in [5.74, 6) is -1.32. The highest BCUT2D eigenvalue weighted by Crippen LogP contribution is 2.18. The van der Waals surface area contributed by atoms with Gasteiger partial charge in [0.05, 0.1) is 5.92 Å². The van der Waals surface area contributed by atoms with Crippen molar-refractivity contribution in [1.82, 2.24) is 4.90 Å². The smallest absolute Gasteiger partial charge is 0.410 e. The molecule has 0 spiro atoms. The summed E-state index contributed by atoms with van der Waals surface area (Å²) < 4.78 is 5.21. The summed E-state index contributed by atoms with van der Waals surface area (Å²) >= 11 is 0. The summed E-state index contributed by atoms with van der Waals surface area (Å²) in [6, 6.07) is 7.69. The minimum Gasteiger partial charge on any atom is -0.481 e. The second kappa shape index (κ2) is 5.73. The minimum absolute atomic E-state index is 0.222. The van der Waals surface area contributed by atoms with Crippen molar-refractivity contribution < 1.29 is 19.4 Å². The van der Waals surface area contributed by atoms with Gasteiger partial charge in [0.2, 0.25) is 0 Å². The SMILES string of the molecule is Cc1ccccc1COC(=O)N1CCC(C(=O)O)C1. The fourth-order valence-corrected chi connectivity index (χ4v) is 2.13.